The number of rotatable bonds is 4. The first-order chi connectivity index (χ1) is 8.19. The molecule has 1 aromatic carbocycles. The molecule has 2 rings (SSSR count). The van der Waals surface area contributed by atoms with Crippen molar-refractivity contribution in [2.75, 3.05) is 0 Å². The standard InChI is InChI=1S/C15H19NS/c1-4-5-14-10-17-15(16-14)9-13-7-6-11(2)12(3)8-13/h6-8,10H,4-5,9H2,1-3H3. The predicted octanol–water partition coefficient (Wildman–Crippen LogP) is 4.30. The number of aromatic nitrogens is 1. The zero-order valence-corrected chi connectivity index (χ0v) is 11.6. The fourth-order valence-electron chi connectivity index (χ4n) is 1.89. The lowest BCUT2D eigenvalue weighted by Gasteiger charge is -2.03. The second kappa shape index (κ2) is 5.46. The second-order valence-corrected chi connectivity index (χ2v) is 5.52. The molecule has 17 heavy (non-hydrogen) atoms. The van der Waals surface area contributed by atoms with Crippen LogP contribution in [0.25, 0.3) is 0 Å². The van der Waals surface area contributed by atoms with Gasteiger partial charge in [0.2, 0.25) is 0 Å². The summed E-state index contributed by atoms with van der Waals surface area (Å²) in [7, 11) is 0. The molecule has 1 nitrogen and oxygen atoms in total. The smallest absolute Gasteiger partial charge is 0.0972 e. The molecule has 1 heterocycles. The van der Waals surface area contributed by atoms with E-state index in [2.05, 4.69) is 49.3 Å². The maximum atomic E-state index is 4.67. The van der Waals surface area contributed by atoms with Crippen LogP contribution in [0.1, 0.15) is 40.7 Å². The zero-order valence-electron chi connectivity index (χ0n) is 10.8. The second-order valence-electron chi connectivity index (χ2n) is 4.58. The van der Waals surface area contributed by atoms with Crippen LogP contribution in [0, 0.1) is 13.8 Å². The first kappa shape index (κ1) is 12.3. The third-order valence-corrected chi connectivity index (χ3v) is 3.93. The molecule has 0 atom stereocenters. The molecule has 0 spiro atoms. The highest BCUT2D eigenvalue weighted by atomic mass is 32.1. The average molecular weight is 245 g/mol. The number of hydrogen-bond donors (Lipinski definition) is 0. The number of benzene rings is 1. The van der Waals surface area contributed by atoms with Gasteiger partial charge in [-0.15, -0.1) is 11.3 Å². The Hall–Kier alpha value is -1.15. The summed E-state index contributed by atoms with van der Waals surface area (Å²) in [4.78, 5) is 4.67. The van der Waals surface area contributed by atoms with Gasteiger partial charge in [0.05, 0.1) is 10.7 Å². The lowest BCUT2D eigenvalue weighted by molar-refractivity contribution is 0.883. The van der Waals surface area contributed by atoms with E-state index in [0.29, 0.717) is 0 Å². The van der Waals surface area contributed by atoms with E-state index in [4.69, 9.17) is 0 Å². The predicted molar refractivity (Wildman–Crippen MR) is 74.8 cm³/mol. The van der Waals surface area contributed by atoms with Crippen molar-refractivity contribution in [2.24, 2.45) is 0 Å². The quantitative estimate of drug-likeness (QED) is 0.782. The van der Waals surface area contributed by atoms with Gasteiger partial charge in [0.25, 0.3) is 0 Å². The largest absolute Gasteiger partial charge is 0.246 e. The fourth-order valence-corrected chi connectivity index (χ4v) is 2.75. The molecule has 0 aliphatic carbocycles. The lowest BCUT2D eigenvalue weighted by atomic mass is 10.0. The highest BCUT2D eigenvalue weighted by Crippen LogP contribution is 2.17. The Kier molecular flexibility index (Phi) is 3.95. The molecule has 0 unspecified atom stereocenters. The Bertz CT molecular complexity index is 499. The number of aryl methyl sites for hydroxylation is 3. The van der Waals surface area contributed by atoms with Crippen molar-refractivity contribution in [3.05, 3.63) is 51.0 Å². The SMILES string of the molecule is CCCc1csc(Cc2ccc(C)c(C)c2)n1. The molecule has 2 aromatic rings. The van der Waals surface area contributed by atoms with Gasteiger partial charge in [-0.3, -0.25) is 0 Å². The maximum absolute atomic E-state index is 4.67. The van der Waals surface area contributed by atoms with Crippen LogP contribution in [-0.2, 0) is 12.8 Å². The van der Waals surface area contributed by atoms with Crippen LogP contribution in [0.15, 0.2) is 23.6 Å². The summed E-state index contributed by atoms with van der Waals surface area (Å²) in [5.74, 6) is 0. The minimum Gasteiger partial charge on any atom is -0.246 e. The van der Waals surface area contributed by atoms with E-state index < -0.39 is 0 Å². The Morgan fingerprint density at radius 3 is 2.71 bits per heavy atom. The average Bonchev–Trinajstić information content (AvgIpc) is 2.72. The molecule has 0 saturated carbocycles. The molecule has 0 radical (unpaired) electrons. The van der Waals surface area contributed by atoms with Gasteiger partial charge in [-0.05, 0) is 37.0 Å². The molecular formula is C15H19NS. The summed E-state index contributed by atoms with van der Waals surface area (Å²) in [5.41, 5.74) is 5.34. The normalized spacial score (nSPS) is 10.8. The van der Waals surface area contributed by atoms with Gasteiger partial charge in [-0.25, -0.2) is 4.98 Å². The van der Waals surface area contributed by atoms with Gasteiger partial charge in [-0.2, -0.15) is 0 Å². The van der Waals surface area contributed by atoms with E-state index >= 15 is 0 Å². The van der Waals surface area contributed by atoms with Crippen molar-refractivity contribution in [3.8, 4) is 0 Å². The number of thiazole rings is 1. The third-order valence-electron chi connectivity index (χ3n) is 3.03. The molecule has 0 fully saturated rings. The Morgan fingerprint density at radius 1 is 1.18 bits per heavy atom. The highest BCUT2D eigenvalue weighted by molar-refractivity contribution is 7.09. The zero-order chi connectivity index (χ0) is 12.3. The van der Waals surface area contributed by atoms with Gasteiger partial charge in [0, 0.05) is 11.8 Å². The summed E-state index contributed by atoms with van der Waals surface area (Å²) in [6.45, 7) is 6.52. The molecule has 90 valence electrons. The van der Waals surface area contributed by atoms with Crippen molar-refractivity contribution in [1.29, 1.82) is 0 Å². The Morgan fingerprint density at radius 2 is 2.00 bits per heavy atom. The molecule has 0 saturated heterocycles. The van der Waals surface area contributed by atoms with Crippen LogP contribution in [-0.4, -0.2) is 4.98 Å². The summed E-state index contributed by atoms with van der Waals surface area (Å²) < 4.78 is 0. The number of hydrogen-bond acceptors (Lipinski definition) is 2. The van der Waals surface area contributed by atoms with Gasteiger partial charge in [-0.1, -0.05) is 31.5 Å². The van der Waals surface area contributed by atoms with Crippen molar-refractivity contribution in [2.45, 2.75) is 40.0 Å². The van der Waals surface area contributed by atoms with Crippen LogP contribution < -0.4 is 0 Å². The summed E-state index contributed by atoms with van der Waals surface area (Å²) in [5, 5.41) is 3.43. The molecule has 0 bridgehead atoms. The highest BCUT2D eigenvalue weighted by Gasteiger charge is 2.03. The Labute approximate surface area is 108 Å². The molecule has 1 aromatic heterocycles. The minimum absolute atomic E-state index is 0.968. The van der Waals surface area contributed by atoms with Gasteiger partial charge < -0.3 is 0 Å². The van der Waals surface area contributed by atoms with Crippen molar-refractivity contribution in [3.63, 3.8) is 0 Å². The molecule has 0 N–H and O–H groups in total. The summed E-state index contributed by atoms with van der Waals surface area (Å²) in [6, 6.07) is 6.69. The lowest BCUT2D eigenvalue weighted by Crippen LogP contribution is -1.91. The van der Waals surface area contributed by atoms with E-state index in [1.807, 2.05) is 0 Å². The van der Waals surface area contributed by atoms with Crippen molar-refractivity contribution < 1.29 is 0 Å². The van der Waals surface area contributed by atoms with E-state index in [-0.39, 0.29) is 0 Å². The summed E-state index contributed by atoms with van der Waals surface area (Å²) >= 11 is 1.78. The fraction of sp³-hybridized carbons (Fsp3) is 0.400. The molecule has 0 amide bonds. The topological polar surface area (TPSA) is 12.9 Å². The molecule has 2 heteroatoms. The maximum Gasteiger partial charge on any atom is 0.0972 e. The van der Waals surface area contributed by atoms with Gasteiger partial charge in [0.15, 0.2) is 0 Å². The van der Waals surface area contributed by atoms with Gasteiger partial charge in [0.1, 0.15) is 0 Å². The third kappa shape index (κ3) is 3.16. The van der Waals surface area contributed by atoms with Crippen LogP contribution in [0.4, 0.5) is 0 Å². The van der Waals surface area contributed by atoms with Crippen molar-refractivity contribution in [1.82, 2.24) is 4.98 Å². The first-order valence-electron chi connectivity index (χ1n) is 6.18. The van der Waals surface area contributed by atoms with Gasteiger partial charge >= 0.3 is 0 Å². The summed E-state index contributed by atoms with van der Waals surface area (Å²) in [6.07, 6.45) is 3.24. The number of nitrogens with zero attached hydrogens (tertiary/aromatic N) is 1. The van der Waals surface area contributed by atoms with Crippen LogP contribution in [0.2, 0.25) is 0 Å². The van der Waals surface area contributed by atoms with E-state index in [0.717, 1.165) is 12.8 Å². The molecule has 0 aliphatic rings. The van der Waals surface area contributed by atoms with E-state index in [1.165, 1.54) is 33.8 Å². The van der Waals surface area contributed by atoms with E-state index in [9.17, 15) is 0 Å². The minimum atomic E-state index is 0.968. The van der Waals surface area contributed by atoms with Crippen LogP contribution in [0.5, 0.6) is 0 Å². The monoisotopic (exact) mass is 245 g/mol. The van der Waals surface area contributed by atoms with Crippen LogP contribution >= 0.6 is 11.3 Å². The van der Waals surface area contributed by atoms with Crippen LogP contribution in [0.3, 0.4) is 0 Å². The van der Waals surface area contributed by atoms with Crippen molar-refractivity contribution >= 4 is 11.3 Å². The van der Waals surface area contributed by atoms with E-state index in [1.54, 1.807) is 11.3 Å². The Balaban J connectivity index is 2.11. The first-order valence-corrected chi connectivity index (χ1v) is 7.06. The molecule has 0 aliphatic heterocycles. The molecular weight excluding hydrogens is 226 g/mol.